The number of nitrogens with one attached hydrogen (secondary N) is 1. The second kappa shape index (κ2) is 5.95. The molecule has 0 aliphatic carbocycles. The van der Waals surface area contributed by atoms with Gasteiger partial charge in [-0.3, -0.25) is 9.69 Å². The number of carbonyl (C=O) groups is 2. The number of benzene rings is 1. The normalized spacial score (nSPS) is 21.3. The van der Waals surface area contributed by atoms with E-state index in [9.17, 15) is 9.59 Å². The van der Waals surface area contributed by atoms with E-state index in [1.54, 1.807) is 0 Å². The van der Waals surface area contributed by atoms with Crippen LogP contribution < -0.4 is 10.1 Å². The molecule has 5 rings (SSSR count). The molecule has 2 aromatic heterocycles. The van der Waals surface area contributed by atoms with E-state index in [0.717, 1.165) is 4.88 Å². The van der Waals surface area contributed by atoms with Crippen LogP contribution in [0.5, 0.6) is 5.75 Å². The van der Waals surface area contributed by atoms with Crippen molar-refractivity contribution in [2.75, 3.05) is 6.61 Å². The molecule has 7 nitrogen and oxygen atoms in total. The summed E-state index contributed by atoms with van der Waals surface area (Å²) in [5.74, 6) is 0.822. The van der Waals surface area contributed by atoms with Gasteiger partial charge in [-0.15, -0.1) is 11.3 Å². The van der Waals surface area contributed by atoms with Crippen molar-refractivity contribution in [1.82, 2.24) is 15.2 Å². The number of oxazole rings is 1. The third-order valence-corrected chi connectivity index (χ3v) is 5.72. The third-order valence-electron chi connectivity index (χ3n) is 4.86. The average Bonchev–Trinajstić information content (AvgIpc) is 3.40. The Bertz CT molecular complexity index is 1030. The van der Waals surface area contributed by atoms with Crippen molar-refractivity contribution in [3.63, 3.8) is 0 Å². The molecule has 0 unspecified atom stereocenters. The van der Waals surface area contributed by atoms with Crippen LogP contribution in [0.25, 0.3) is 10.8 Å². The van der Waals surface area contributed by atoms with Gasteiger partial charge in [-0.1, -0.05) is 24.3 Å². The Morgan fingerprint density at radius 2 is 2.11 bits per heavy atom. The van der Waals surface area contributed by atoms with Crippen LogP contribution in [0.15, 0.2) is 52.5 Å². The molecule has 0 bridgehead atoms. The third kappa shape index (κ3) is 2.44. The number of urea groups is 1. The van der Waals surface area contributed by atoms with Gasteiger partial charge in [-0.25, -0.2) is 9.78 Å². The maximum Gasteiger partial charge on any atom is 0.325 e. The molecule has 4 heterocycles. The highest BCUT2D eigenvalue weighted by atomic mass is 32.1. The molecular formula is C19H15N3O4S. The van der Waals surface area contributed by atoms with Gasteiger partial charge < -0.3 is 14.5 Å². The maximum absolute atomic E-state index is 13.2. The van der Waals surface area contributed by atoms with E-state index < -0.39 is 11.6 Å². The van der Waals surface area contributed by atoms with Crippen molar-refractivity contribution in [3.8, 4) is 16.5 Å². The number of thiophene rings is 1. The summed E-state index contributed by atoms with van der Waals surface area (Å²) in [6.07, 6.45) is 1.88. The Hall–Kier alpha value is -3.13. The zero-order chi connectivity index (χ0) is 18.4. The molecule has 1 aromatic carbocycles. The minimum absolute atomic E-state index is 0.0598. The summed E-state index contributed by atoms with van der Waals surface area (Å²) in [5, 5.41) is 4.81. The maximum atomic E-state index is 13.2. The van der Waals surface area contributed by atoms with Gasteiger partial charge in [0, 0.05) is 12.0 Å². The molecule has 0 radical (unpaired) electrons. The molecule has 136 valence electrons. The summed E-state index contributed by atoms with van der Waals surface area (Å²) in [6, 6.07) is 10.7. The van der Waals surface area contributed by atoms with E-state index in [4.69, 9.17) is 9.15 Å². The van der Waals surface area contributed by atoms with Crippen LogP contribution in [0, 0.1) is 0 Å². The van der Waals surface area contributed by atoms with Crippen molar-refractivity contribution >= 4 is 23.3 Å². The molecular weight excluding hydrogens is 366 g/mol. The Morgan fingerprint density at radius 3 is 2.96 bits per heavy atom. The molecule has 1 spiro atoms. The Morgan fingerprint density at radius 1 is 1.22 bits per heavy atom. The highest BCUT2D eigenvalue weighted by Gasteiger charge is 2.54. The lowest BCUT2D eigenvalue weighted by molar-refractivity contribution is -0.133. The largest absolute Gasteiger partial charge is 0.493 e. The predicted octanol–water partition coefficient (Wildman–Crippen LogP) is 3.13. The van der Waals surface area contributed by atoms with Crippen molar-refractivity contribution in [3.05, 3.63) is 59.3 Å². The minimum Gasteiger partial charge on any atom is -0.493 e. The standard InChI is InChI=1S/C19H15N3O4S/c23-17-19(7-8-25-14-5-2-1-4-13(14)19)21-18(24)22(17)10-12-11-26-16(20-12)15-6-3-9-27-15/h1-6,9,11H,7-8,10H2,(H,21,24)/t19-/m1/s1. The van der Waals surface area contributed by atoms with Gasteiger partial charge in [-0.05, 0) is 17.5 Å². The molecule has 3 amide bonds. The Labute approximate surface area is 158 Å². The molecule has 1 atom stereocenters. The first-order valence-corrected chi connectivity index (χ1v) is 9.40. The fraction of sp³-hybridized carbons (Fsp3) is 0.211. The number of hydrogen-bond acceptors (Lipinski definition) is 6. The number of nitrogens with zero attached hydrogens (tertiary/aromatic N) is 2. The minimum atomic E-state index is -1.08. The first-order chi connectivity index (χ1) is 13.2. The second-order valence-electron chi connectivity index (χ2n) is 6.44. The van der Waals surface area contributed by atoms with Crippen LogP contribution >= 0.6 is 11.3 Å². The molecule has 27 heavy (non-hydrogen) atoms. The predicted molar refractivity (Wildman–Crippen MR) is 97.1 cm³/mol. The number of aromatic nitrogens is 1. The summed E-state index contributed by atoms with van der Waals surface area (Å²) >= 11 is 1.51. The van der Waals surface area contributed by atoms with Gasteiger partial charge in [-0.2, -0.15) is 0 Å². The highest BCUT2D eigenvalue weighted by Crippen LogP contribution is 2.41. The van der Waals surface area contributed by atoms with E-state index in [-0.39, 0.29) is 12.5 Å². The fourth-order valence-electron chi connectivity index (χ4n) is 3.57. The number of hydrogen-bond donors (Lipinski definition) is 1. The SMILES string of the molecule is O=C1N[C@@]2(CCOc3ccccc32)C(=O)N1Cc1coc(-c2cccs2)n1. The van der Waals surface area contributed by atoms with Gasteiger partial charge in [0.15, 0.2) is 5.54 Å². The van der Waals surface area contributed by atoms with Crippen LogP contribution in [0.4, 0.5) is 4.79 Å². The number of carbonyl (C=O) groups excluding carboxylic acids is 2. The van der Waals surface area contributed by atoms with E-state index in [1.165, 1.54) is 22.5 Å². The van der Waals surface area contributed by atoms with Gasteiger partial charge in [0.25, 0.3) is 5.91 Å². The lowest BCUT2D eigenvalue weighted by atomic mass is 9.84. The van der Waals surface area contributed by atoms with Crippen LogP contribution in [-0.2, 0) is 16.9 Å². The lowest BCUT2D eigenvalue weighted by Gasteiger charge is -2.33. The molecule has 1 N–H and O–H groups in total. The van der Waals surface area contributed by atoms with Crippen molar-refractivity contribution < 1.29 is 18.7 Å². The number of para-hydroxylation sites is 1. The number of ether oxygens (including phenoxy) is 1. The van der Waals surface area contributed by atoms with Gasteiger partial charge >= 0.3 is 6.03 Å². The van der Waals surface area contributed by atoms with E-state index >= 15 is 0 Å². The number of imide groups is 1. The summed E-state index contributed by atoms with van der Waals surface area (Å²) < 4.78 is 11.1. The molecule has 3 aromatic rings. The molecule has 2 aliphatic heterocycles. The molecule has 1 saturated heterocycles. The smallest absolute Gasteiger partial charge is 0.325 e. The topological polar surface area (TPSA) is 84.7 Å². The van der Waals surface area contributed by atoms with Crippen LogP contribution in [0.1, 0.15) is 17.7 Å². The summed E-state index contributed by atoms with van der Waals surface area (Å²) in [5.41, 5.74) is 0.141. The fourth-order valence-corrected chi connectivity index (χ4v) is 4.23. The molecule has 8 heteroatoms. The summed E-state index contributed by atoms with van der Waals surface area (Å²) in [7, 11) is 0. The first kappa shape index (κ1) is 16.1. The Balaban J connectivity index is 1.44. The molecule has 1 fully saturated rings. The second-order valence-corrected chi connectivity index (χ2v) is 7.39. The van der Waals surface area contributed by atoms with Crippen LogP contribution in [0.3, 0.4) is 0 Å². The number of fused-ring (bicyclic) bond motifs is 2. The zero-order valence-electron chi connectivity index (χ0n) is 14.2. The van der Waals surface area contributed by atoms with Crippen molar-refractivity contribution in [2.24, 2.45) is 0 Å². The summed E-state index contributed by atoms with van der Waals surface area (Å²) in [6.45, 7) is 0.424. The Kier molecular flexibility index (Phi) is 3.54. The summed E-state index contributed by atoms with van der Waals surface area (Å²) in [4.78, 5) is 32.3. The quantitative estimate of drug-likeness (QED) is 0.705. The van der Waals surface area contributed by atoms with Crippen molar-refractivity contribution in [2.45, 2.75) is 18.5 Å². The van der Waals surface area contributed by atoms with Gasteiger partial charge in [0.05, 0.1) is 23.7 Å². The first-order valence-electron chi connectivity index (χ1n) is 8.52. The highest BCUT2D eigenvalue weighted by molar-refractivity contribution is 7.13. The van der Waals surface area contributed by atoms with E-state index in [2.05, 4.69) is 10.3 Å². The monoisotopic (exact) mass is 381 g/mol. The van der Waals surface area contributed by atoms with E-state index in [1.807, 2.05) is 41.8 Å². The molecule has 0 saturated carbocycles. The van der Waals surface area contributed by atoms with Crippen molar-refractivity contribution in [1.29, 1.82) is 0 Å². The zero-order valence-corrected chi connectivity index (χ0v) is 15.0. The number of amides is 3. The molecule has 2 aliphatic rings. The van der Waals surface area contributed by atoms with Gasteiger partial charge in [0.1, 0.15) is 12.0 Å². The van der Waals surface area contributed by atoms with Crippen LogP contribution in [-0.4, -0.2) is 28.4 Å². The van der Waals surface area contributed by atoms with E-state index in [0.29, 0.717) is 35.9 Å². The van der Waals surface area contributed by atoms with Crippen LogP contribution in [0.2, 0.25) is 0 Å². The number of rotatable bonds is 3. The van der Waals surface area contributed by atoms with Gasteiger partial charge in [0.2, 0.25) is 5.89 Å². The lowest BCUT2D eigenvalue weighted by Crippen LogP contribution is -2.47. The average molecular weight is 381 g/mol.